The second kappa shape index (κ2) is 12.8. The van der Waals surface area contributed by atoms with Gasteiger partial charge in [-0.1, -0.05) is 166 Å². The highest BCUT2D eigenvalue weighted by atomic mass is 15.0. The van der Waals surface area contributed by atoms with E-state index in [9.17, 15) is 0 Å². The second-order valence-electron chi connectivity index (χ2n) is 16.5. The van der Waals surface area contributed by atoms with Crippen molar-refractivity contribution in [3.8, 4) is 55.9 Å². The van der Waals surface area contributed by atoms with Crippen LogP contribution in [0.4, 0.5) is 0 Å². The molecule has 0 unspecified atom stereocenters. The highest BCUT2D eigenvalue weighted by Crippen LogP contribution is 2.53. The molecule has 1 aliphatic rings. The van der Waals surface area contributed by atoms with Crippen molar-refractivity contribution in [3.63, 3.8) is 0 Å². The van der Waals surface area contributed by atoms with Gasteiger partial charge in [0.2, 0.25) is 0 Å². The Labute approximate surface area is 343 Å². The molecule has 0 atom stereocenters. The number of para-hydroxylation sites is 1. The summed E-state index contributed by atoms with van der Waals surface area (Å²) in [6.07, 6.45) is 0. The lowest BCUT2D eigenvalue weighted by molar-refractivity contribution is 0.664. The van der Waals surface area contributed by atoms with E-state index in [-0.39, 0.29) is 5.41 Å². The Bertz CT molecular complexity index is 3420. The van der Waals surface area contributed by atoms with Crippen molar-refractivity contribution in [3.05, 3.63) is 217 Å². The Kier molecular flexibility index (Phi) is 7.31. The predicted molar refractivity (Wildman–Crippen MR) is 249 cm³/mol. The first-order valence-electron chi connectivity index (χ1n) is 20.6. The maximum absolute atomic E-state index is 2.52. The van der Waals surface area contributed by atoms with E-state index < -0.39 is 0 Å². The van der Waals surface area contributed by atoms with Gasteiger partial charge in [-0.05, 0) is 110 Å². The zero-order valence-electron chi connectivity index (χ0n) is 33.0. The maximum atomic E-state index is 2.52. The van der Waals surface area contributed by atoms with E-state index in [0.717, 1.165) is 5.69 Å². The first-order valence-corrected chi connectivity index (χ1v) is 20.6. The molecule has 2 heterocycles. The van der Waals surface area contributed by atoms with Gasteiger partial charge in [0.05, 0.1) is 22.1 Å². The van der Waals surface area contributed by atoms with Gasteiger partial charge >= 0.3 is 0 Å². The lowest BCUT2D eigenvalue weighted by Gasteiger charge is -2.23. The molecule has 9 aromatic carbocycles. The summed E-state index contributed by atoms with van der Waals surface area (Å²) < 4.78 is 4.93. The summed E-state index contributed by atoms with van der Waals surface area (Å²) in [5, 5.41) is 5.06. The van der Waals surface area contributed by atoms with Gasteiger partial charge in [-0.2, -0.15) is 0 Å². The molecule has 0 fully saturated rings. The number of benzene rings is 9. The number of fused-ring (bicyclic) bond motifs is 10. The molecule has 0 N–H and O–H groups in total. The van der Waals surface area contributed by atoms with E-state index in [1.54, 1.807) is 0 Å². The summed E-state index contributed by atoms with van der Waals surface area (Å²) in [6, 6.07) is 75.9. The van der Waals surface area contributed by atoms with Crippen LogP contribution < -0.4 is 0 Å². The third-order valence-electron chi connectivity index (χ3n) is 12.9. The number of rotatable bonds is 5. The highest BCUT2D eigenvalue weighted by molar-refractivity contribution is 6.15. The van der Waals surface area contributed by atoms with Gasteiger partial charge in [-0.15, -0.1) is 0 Å². The van der Waals surface area contributed by atoms with Crippen LogP contribution in [0.3, 0.4) is 0 Å². The van der Waals surface area contributed by atoms with Crippen LogP contribution in [0, 0.1) is 0 Å². The summed E-state index contributed by atoms with van der Waals surface area (Å²) in [5.74, 6) is 0. The van der Waals surface area contributed by atoms with Crippen LogP contribution in [-0.2, 0) is 5.41 Å². The van der Waals surface area contributed by atoms with Crippen LogP contribution in [0.25, 0.3) is 99.5 Å². The Hall–Kier alpha value is -7.42. The molecule has 0 radical (unpaired) electrons. The SMILES string of the molecule is CC1(C)c2ccccc2-c2ccc3c4cc(-c5ccc6c(c5)c5ccccc5n6-c5ccc(-c6ccccc6)cc5)ccc4n(-c4ccc(-c5ccccc5)cc4)c3c21. The molecule has 2 heteroatoms. The van der Waals surface area contributed by atoms with Crippen molar-refractivity contribution in [1.29, 1.82) is 0 Å². The predicted octanol–water partition coefficient (Wildman–Crippen LogP) is 15.2. The van der Waals surface area contributed by atoms with Crippen molar-refractivity contribution < 1.29 is 0 Å². The number of aromatic nitrogens is 2. The normalized spacial score (nSPS) is 13.1. The second-order valence-corrected chi connectivity index (χ2v) is 16.5. The molecule has 278 valence electrons. The highest BCUT2D eigenvalue weighted by Gasteiger charge is 2.38. The van der Waals surface area contributed by atoms with Crippen LogP contribution in [0.2, 0.25) is 0 Å². The first-order chi connectivity index (χ1) is 29.0. The van der Waals surface area contributed by atoms with Gasteiger partial charge in [0, 0.05) is 38.3 Å². The monoisotopic (exact) mass is 752 g/mol. The molecule has 0 aliphatic heterocycles. The van der Waals surface area contributed by atoms with Crippen LogP contribution in [0.5, 0.6) is 0 Å². The fourth-order valence-corrected chi connectivity index (χ4v) is 10.1. The molecule has 1 aliphatic carbocycles. The first kappa shape index (κ1) is 33.7. The standard InChI is InChI=1S/C57H40N2/c1-57(2)51-19-11-9-17-45(51)47-31-32-48-50-36-42(26-34-54(50)59(56(48)55(47)57)44-29-23-40(24-30-44)38-15-7-4-8-16-38)41-25-33-53-49(35-41)46-18-10-12-20-52(46)58(53)43-27-21-39(22-28-43)37-13-5-3-6-14-37/h3-36H,1-2H3. The minimum Gasteiger partial charge on any atom is -0.309 e. The molecule has 0 spiro atoms. The van der Waals surface area contributed by atoms with Gasteiger partial charge in [0.15, 0.2) is 0 Å². The zero-order chi connectivity index (χ0) is 39.2. The van der Waals surface area contributed by atoms with E-state index in [1.807, 2.05) is 0 Å². The third-order valence-corrected chi connectivity index (χ3v) is 12.9. The molecule has 0 bridgehead atoms. The van der Waals surface area contributed by atoms with Crippen LogP contribution in [0.15, 0.2) is 206 Å². The summed E-state index contributed by atoms with van der Waals surface area (Å²) in [4.78, 5) is 0. The summed E-state index contributed by atoms with van der Waals surface area (Å²) in [5.41, 5.74) is 19.9. The average Bonchev–Trinajstić information content (AvgIpc) is 3.89. The molecule has 2 aromatic heterocycles. The lowest BCUT2D eigenvalue weighted by Crippen LogP contribution is -2.16. The summed E-state index contributed by atoms with van der Waals surface area (Å²) >= 11 is 0. The Balaban J connectivity index is 1.04. The molecule has 59 heavy (non-hydrogen) atoms. The van der Waals surface area contributed by atoms with Crippen LogP contribution >= 0.6 is 0 Å². The lowest BCUT2D eigenvalue weighted by atomic mass is 9.81. The number of nitrogens with zero attached hydrogens (tertiary/aromatic N) is 2. The van der Waals surface area contributed by atoms with Gasteiger partial charge in [-0.25, -0.2) is 0 Å². The molecule has 0 amide bonds. The van der Waals surface area contributed by atoms with Crippen LogP contribution in [0.1, 0.15) is 25.0 Å². The number of hydrogen-bond acceptors (Lipinski definition) is 0. The molecule has 12 rings (SSSR count). The third kappa shape index (κ3) is 5.06. The van der Waals surface area contributed by atoms with E-state index >= 15 is 0 Å². The van der Waals surface area contributed by atoms with E-state index in [4.69, 9.17) is 0 Å². The van der Waals surface area contributed by atoms with E-state index in [2.05, 4.69) is 229 Å². The van der Waals surface area contributed by atoms with Crippen molar-refractivity contribution in [2.45, 2.75) is 19.3 Å². The zero-order valence-corrected chi connectivity index (χ0v) is 33.0. The smallest absolute Gasteiger partial charge is 0.0588 e. The van der Waals surface area contributed by atoms with Gasteiger partial charge in [-0.3, -0.25) is 0 Å². The van der Waals surface area contributed by atoms with Crippen molar-refractivity contribution in [1.82, 2.24) is 9.13 Å². The van der Waals surface area contributed by atoms with Crippen molar-refractivity contribution in [2.24, 2.45) is 0 Å². The fraction of sp³-hybridized carbons (Fsp3) is 0.0526. The topological polar surface area (TPSA) is 9.86 Å². The van der Waals surface area contributed by atoms with Gasteiger partial charge in [0.25, 0.3) is 0 Å². The molecule has 11 aromatic rings. The Morgan fingerprint density at radius 3 is 1.44 bits per heavy atom. The van der Waals surface area contributed by atoms with Crippen LogP contribution in [-0.4, -0.2) is 9.13 Å². The van der Waals surface area contributed by atoms with E-state index in [0.29, 0.717) is 0 Å². The van der Waals surface area contributed by atoms with Gasteiger partial charge in [0.1, 0.15) is 0 Å². The molecular formula is C57H40N2. The number of hydrogen-bond donors (Lipinski definition) is 0. The summed E-state index contributed by atoms with van der Waals surface area (Å²) in [7, 11) is 0. The minimum absolute atomic E-state index is 0.161. The fourth-order valence-electron chi connectivity index (χ4n) is 10.1. The molecule has 0 saturated carbocycles. The largest absolute Gasteiger partial charge is 0.309 e. The Morgan fingerprint density at radius 1 is 0.322 bits per heavy atom. The average molecular weight is 753 g/mol. The molecule has 2 nitrogen and oxygen atoms in total. The quantitative estimate of drug-likeness (QED) is 0.166. The van der Waals surface area contributed by atoms with Crippen molar-refractivity contribution >= 4 is 43.6 Å². The van der Waals surface area contributed by atoms with E-state index in [1.165, 1.54) is 105 Å². The molecule has 0 saturated heterocycles. The maximum Gasteiger partial charge on any atom is 0.0588 e. The molecular weight excluding hydrogens is 713 g/mol. The minimum atomic E-state index is -0.161. The summed E-state index contributed by atoms with van der Waals surface area (Å²) in [6.45, 7) is 4.79. The van der Waals surface area contributed by atoms with Gasteiger partial charge < -0.3 is 9.13 Å². The van der Waals surface area contributed by atoms with Crippen molar-refractivity contribution in [2.75, 3.05) is 0 Å². The Morgan fingerprint density at radius 2 is 0.797 bits per heavy atom.